The highest BCUT2D eigenvalue weighted by Gasteiger charge is 2.11. The van der Waals surface area contributed by atoms with E-state index in [0.717, 1.165) is 5.69 Å². The van der Waals surface area contributed by atoms with Crippen LogP contribution in [-0.2, 0) is 7.05 Å². The van der Waals surface area contributed by atoms with E-state index < -0.39 is 0 Å². The summed E-state index contributed by atoms with van der Waals surface area (Å²) in [6, 6.07) is 9.70. The molecule has 90 valence electrons. The first-order chi connectivity index (χ1) is 8.84. The molecule has 0 atom stereocenters. The number of anilines is 2. The third kappa shape index (κ3) is 1.79. The number of rotatable bonds is 3. The quantitative estimate of drug-likeness (QED) is 0.721. The van der Waals surface area contributed by atoms with Crippen molar-refractivity contribution in [3.63, 3.8) is 0 Å². The number of benzene rings is 1. The van der Waals surface area contributed by atoms with Gasteiger partial charge in [0, 0.05) is 12.7 Å². The zero-order valence-electron chi connectivity index (χ0n) is 9.59. The third-order valence-electron chi connectivity index (χ3n) is 2.36. The maximum Gasteiger partial charge on any atom is 0.273 e. The van der Waals surface area contributed by atoms with Gasteiger partial charge in [0.2, 0.25) is 5.95 Å². The van der Waals surface area contributed by atoms with Crippen molar-refractivity contribution in [2.75, 3.05) is 5.32 Å². The van der Waals surface area contributed by atoms with Gasteiger partial charge in [0.15, 0.2) is 0 Å². The first-order valence-corrected chi connectivity index (χ1v) is 5.29. The summed E-state index contributed by atoms with van der Waals surface area (Å²) in [5.74, 6) is 1.05. The molecule has 0 saturated carbocycles. The summed E-state index contributed by atoms with van der Waals surface area (Å²) < 4.78 is 3.05. The average Bonchev–Trinajstić information content (AvgIpc) is 2.99. The number of hydrogen-bond donors (Lipinski definition) is 1. The summed E-state index contributed by atoms with van der Waals surface area (Å²) in [5, 5.41) is 18.5. The molecule has 8 heteroatoms. The average molecular weight is 242 g/mol. The molecule has 18 heavy (non-hydrogen) atoms. The highest BCUT2D eigenvalue weighted by Crippen LogP contribution is 2.14. The summed E-state index contributed by atoms with van der Waals surface area (Å²) in [7, 11) is 1.74. The van der Waals surface area contributed by atoms with E-state index in [9.17, 15) is 0 Å². The Morgan fingerprint density at radius 1 is 1.17 bits per heavy atom. The number of aryl methyl sites for hydroxylation is 1. The second kappa shape index (κ2) is 4.24. The Balaban J connectivity index is 1.96. The van der Waals surface area contributed by atoms with Crippen LogP contribution in [0, 0.1) is 0 Å². The number of nitrogens with one attached hydrogen (secondary N) is 1. The van der Waals surface area contributed by atoms with Gasteiger partial charge < -0.3 is 5.32 Å². The molecule has 0 unspecified atom stereocenters. The fourth-order valence-corrected chi connectivity index (χ4v) is 1.53. The van der Waals surface area contributed by atoms with Gasteiger partial charge in [-0.05, 0) is 22.6 Å². The number of hydrogen-bond acceptors (Lipinski definition) is 6. The zero-order chi connectivity index (χ0) is 12.4. The first kappa shape index (κ1) is 10.4. The minimum Gasteiger partial charge on any atom is -0.324 e. The monoisotopic (exact) mass is 242 g/mol. The maximum absolute atomic E-state index is 4.14. The van der Waals surface area contributed by atoms with Crippen LogP contribution in [0.3, 0.4) is 0 Å². The third-order valence-corrected chi connectivity index (χ3v) is 2.36. The Morgan fingerprint density at radius 2 is 2.00 bits per heavy atom. The van der Waals surface area contributed by atoms with Crippen LogP contribution >= 0.6 is 0 Å². The van der Waals surface area contributed by atoms with E-state index in [1.807, 2.05) is 30.3 Å². The van der Waals surface area contributed by atoms with Gasteiger partial charge in [-0.3, -0.25) is 0 Å². The van der Waals surface area contributed by atoms with Crippen molar-refractivity contribution >= 4 is 11.6 Å². The molecule has 3 rings (SSSR count). The van der Waals surface area contributed by atoms with E-state index in [0.29, 0.717) is 11.9 Å². The normalized spacial score (nSPS) is 10.5. The van der Waals surface area contributed by atoms with Crippen molar-refractivity contribution in [2.24, 2.45) is 7.05 Å². The molecule has 8 nitrogen and oxygen atoms in total. The molecule has 1 N–H and O–H groups in total. The lowest BCUT2D eigenvalue weighted by atomic mass is 10.3. The molecular weight excluding hydrogens is 232 g/mol. The largest absolute Gasteiger partial charge is 0.324 e. The molecule has 3 aromatic rings. The Hall–Kier alpha value is -2.77. The number of tetrazole rings is 1. The van der Waals surface area contributed by atoms with E-state index in [1.54, 1.807) is 7.05 Å². The number of nitrogens with zero attached hydrogens (tertiary/aromatic N) is 7. The Kier molecular flexibility index (Phi) is 2.45. The Bertz CT molecular complexity index is 641. The van der Waals surface area contributed by atoms with Crippen LogP contribution in [0.15, 0.2) is 36.7 Å². The zero-order valence-corrected chi connectivity index (χ0v) is 9.59. The molecule has 0 aliphatic heterocycles. The van der Waals surface area contributed by atoms with Crippen molar-refractivity contribution in [2.45, 2.75) is 0 Å². The molecule has 0 spiro atoms. The lowest BCUT2D eigenvalue weighted by Gasteiger charge is -2.06. The highest BCUT2D eigenvalue weighted by molar-refractivity contribution is 5.53. The number of para-hydroxylation sites is 1. The van der Waals surface area contributed by atoms with Crippen molar-refractivity contribution in [3.05, 3.63) is 36.7 Å². The molecule has 0 radical (unpaired) electrons. The molecular formula is C10H10N8. The fourth-order valence-electron chi connectivity index (χ4n) is 1.53. The van der Waals surface area contributed by atoms with E-state index in [2.05, 4.69) is 30.9 Å². The fraction of sp³-hybridized carbons (Fsp3) is 0.100. The van der Waals surface area contributed by atoms with E-state index >= 15 is 0 Å². The van der Waals surface area contributed by atoms with Gasteiger partial charge in [-0.25, -0.2) is 4.68 Å². The predicted molar refractivity (Wildman–Crippen MR) is 63.4 cm³/mol. The second-order valence-corrected chi connectivity index (χ2v) is 3.59. The van der Waals surface area contributed by atoms with Crippen molar-refractivity contribution in [1.82, 2.24) is 35.0 Å². The predicted octanol–water partition coefficient (Wildman–Crippen LogP) is 0.534. The summed E-state index contributed by atoms with van der Waals surface area (Å²) in [5.41, 5.74) is 0.918. The maximum atomic E-state index is 4.14. The van der Waals surface area contributed by atoms with Gasteiger partial charge in [-0.1, -0.05) is 23.3 Å². The van der Waals surface area contributed by atoms with E-state index in [-0.39, 0.29) is 0 Å². The minimum atomic E-state index is 0.492. The molecule has 0 fully saturated rings. The summed E-state index contributed by atoms with van der Waals surface area (Å²) in [4.78, 5) is 4.14. The lowest BCUT2D eigenvalue weighted by molar-refractivity contribution is 0.674. The van der Waals surface area contributed by atoms with Crippen LogP contribution < -0.4 is 5.32 Å². The van der Waals surface area contributed by atoms with Crippen LogP contribution in [0.5, 0.6) is 0 Å². The smallest absolute Gasteiger partial charge is 0.273 e. The lowest BCUT2D eigenvalue weighted by Crippen LogP contribution is -2.09. The molecule has 0 aliphatic carbocycles. The van der Waals surface area contributed by atoms with Crippen molar-refractivity contribution in [3.8, 4) is 5.95 Å². The highest BCUT2D eigenvalue weighted by atomic mass is 15.6. The molecule has 2 heterocycles. The van der Waals surface area contributed by atoms with Gasteiger partial charge in [0.1, 0.15) is 6.33 Å². The summed E-state index contributed by atoms with van der Waals surface area (Å²) in [6.07, 6.45) is 1.44. The van der Waals surface area contributed by atoms with Crippen LogP contribution in [0.4, 0.5) is 11.6 Å². The summed E-state index contributed by atoms with van der Waals surface area (Å²) in [6.45, 7) is 0. The van der Waals surface area contributed by atoms with Crippen molar-refractivity contribution < 1.29 is 0 Å². The van der Waals surface area contributed by atoms with Gasteiger partial charge in [0.25, 0.3) is 5.95 Å². The molecule has 0 saturated heterocycles. The van der Waals surface area contributed by atoms with Gasteiger partial charge in [-0.2, -0.15) is 14.8 Å². The Morgan fingerprint density at radius 3 is 2.72 bits per heavy atom. The van der Waals surface area contributed by atoms with Crippen LogP contribution in [-0.4, -0.2) is 35.0 Å². The molecule has 0 aliphatic rings. The van der Waals surface area contributed by atoms with E-state index in [4.69, 9.17) is 0 Å². The SMILES string of the molecule is Cn1nnnc1-n1ncnc1Nc1ccccc1. The van der Waals surface area contributed by atoms with Crippen LogP contribution in [0.2, 0.25) is 0 Å². The summed E-state index contributed by atoms with van der Waals surface area (Å²) >= 11 is 0. The van der Waals surface area contributed by atoms with Gasteiger partial charge in [-0.15, -0.1) is 0 Å². The van der Waals surface area contributed by atoms with E-state index in [1.165, 1.54) is 15.7 Å². The number of aromatic nitrogens is 7. The molecule has 2 aromatic heterocycles. The molecule has 0 bridgehead atoms. The van der Waals surface area contributed by atoms with Gasteiger partial charge in [0.05, 0.1) is 0 Å². The van der Waals surface area contributed by atoms with Crippen LogP contribution in [0.1, 0.15) is 0 Å². The first-order valence-electron chi connectivity index (χ1n) is 5.29. The van der Waals surface area contributed by atoms with Gasteiger partial charge >= 0.3 is 0 Å². The minimum absolute atomic E-state index is 0.492. The topological polar surface area (TPSA) is 86.3 Å². The second-order valence-electron chi connectivity index (χ2n) is 3.59. The molecule has 1 aromatic carbocycles. The standard InChI is InChI=1S/C10H10N8/c1-17-10(14-15-16-17)18-9(11-7-12-18)13-8-5-3-2-4-6-8/h2-7H,1H3,(H,11,12,13). The van der Waals surface area contributed by atoms with Crippen LogP contribution in [0.25, 0.3) is 5.95 Å². The molecule has 0 amide bonds. The Labute approximate surface area is 102 Å². The van der Waals surface area contributed by atoms with Crippen molar-refractivity contribution in [1.29, 1.82) is 0 Å².